The summed E-state index contributed by atoms with van der Waals surface area (Å²) in [6.45, 7) is 0.640. The van der Waals surface area contributed by atoms with E-state index in [1.165, 1.54) is 16.7 Å². The molecular formula is C18H27ClN4O5S+2. The number of hydrogen-bond donors (Lipinski definition) is 3. The third-order valence-electron chi connectivity index (χ3n) is 4.05. The van der Waals surface area contributed by atoms with Gasteiger partial charge in [0, 0.05) is 23.5 Å². The van der Waals surface area contributed by atoms with E-state index in [0.29, 0.717) is 16.8 Å². The third-order valence-corrected chi connectivity index (χ3v) is 5.41. The van der Waals surface area contributed by atoms with Crippen LogP contribution in [-0.2, 0) is 20.9 Å². The Bertz CT molecular complexity index is 797. The molecule has 2 aliphatic rings. The maximum Gasteiger partial charge on any atom is 0.359 e. The van der Waals surface area contributed by atoms with E-state index in [4.69, 9.17) is 10.8 Å². The summed E-state index contributed by atoms with van der Waals surface area (Å²) in [4.78, 5) is 34.6. The summed E-state index contributed by atoms with van der Waals surface area (Å²) in [5, 5.41) is 17.4. The summed E-state index contributed by atoms with van der Waals surface area (Å²) < 4.78 is 2.37. The second-order valence-corrected chi connectivity index (χ2v) is 8.69. The van der Waals surface area contributed by atoms with Gasteiger partial charge in [0.25, 0.3) is 0 Å². The number of fused-ring (bicyclic) bond motifs is 1. The van der Waals surface area contributed by atoms with Gasteiger partial charge in [-0.3, -0.25) is 9.69 Å². The predicted molar refractivity (Wildman–Crippen MR) is 110 cm³/mol. The average Bonchev–Trinajstić information content (AvgIpc) is 2.59. The van der Waals surface area contributed by atoms with E-state index in [-0.39, 0.29) is 35.9 Å². The molecule has 3 rings (SSSR count). The highest BCUT2D eigenvalue weighted by molar-refractivity contribution is 8.00. The van der Waals surface area contributed by atoms with Crippen molar-refractivity contribution in [2.45, 2.75) is 18.0 Å². The lowest BCUT2D eigenvalue weighted by Gasteiger charge is -2.47. The Labute approximate surface area is 179 Å². The Kier molecular flexibility index (Phi) is 8.64. The van der Waals surface area contributed by atoms with Crippen LogP contribution in [-0.4, -0.2) is 82.3 Å². The van der Waals surface area contributed by atoms with Gasteiger partial charge in [0.2, 0.25) is 5.91 Å². The molecule has 160 valence electrons. The number of aromatic nitrogens is 1. The molecule has 0 radical (unpaired) electrons. The number of carboxylic acids is 2. The fourth-order valence-corrected chi connectivity index (χ4v) is 4.15. The number of quaternary nitrogens is 1. The molecule has 11 heteroatoms. The first-order chi connectivity index (χ1) is 13.0. The van der Waals surface area contributed by atoms with Crippen LogP contribution in [0.5, 0.6) is 0 Å². The summed E-state index contributed by atoms with van der Waals surface area (Å²) in [7, 11) is 5.52. The number of nitrogens with two attached hydrogens (primary N) is 1. The van der Waals surface area contributed by atoms with Gasteiger partial charge in [-0.15, -0.1) is 24.2 Å². The van der Waals surface area contributed by atoms with Gasteiger partial charge < -0.3 is 20.4 Å². The van der Waals surface area contributed by atoms with Crippen molar-refractivity contribution in [1.29, 1.82) is 0 Å². The van der Waals surface area contributed by atoms with E-state index in [0.717, 1.165) is 5.57 Å². The zero-order valence-corrected chi connectivity index (χ0v) is 18.2. The lowest BCUT2D eigenvalue weighted by atomic mass is 10.0. The molecule has 0 spiro atoms. The van der Waals surface area contributed by atoms with Gasteiger partial charge in [0.05, 0.1) is 21.1 Å². The molecular weight excluding hydrogens is 420 g/mol. The average molecular weight is 447 g/mol. The summed E-state index contributed by atoms with van der Waals surface area (Å²) in [5.41, 5.74) is 6.53. The highest BCUT2D eigenvalue weighted by atomic mass is 35.5. The van der Waals surface area contributed by atoms with E-state index in [1.807, 2.05) is 56.3 Å². The van der Waals surface area contributed by atoms with Crippen LogP contribution < -0.4 is 10.3 Å². The highest BCUT2D eigenvalue weighted by Gasteiger charge is 2.52. The van der Waals surface area contributed by atoms with Gasteiger partial charge >= 0.3 is 11.9 Å². The van der Waals surface area contributed by atoms with E-state index < -0.39 is 18.0 Å². The van der Waals surface area contributed by atoms with Crippen molar-refractivity contribution in [3.63, 3.8) is 0 Å². The van der Waals surface area contributed by atoms with Crippen molar-refractivity contribution < 1.29 is 33.6 Å². The molecule has 0 aromatic carbocycles. The molecule has 0 bridgehead atoms. The topological polar surface area (TPSA) is 125 Å². The van der Waals surface area contributed by atoms with Gasteiger partial charge in [-0.05, 0) is 0 Å². The molecule has 1 aromatic heterocycles. The lowest BCUT2D eigenvalue weighted by Crippen LogP contribution is -2.68. The molecule has 2 aliphatic heterocycles. The van der Waals surface area contributed by atoms with E-state index in [1.54, 1.807) is 0 Å². The monoisotopic (exact) mass is 446 g/mol. The highest BCUT2D eigenvalue weighted by Crippen LogP contribution is 2.39. The number of hydrogen-bond acceptors (Lipinski definition) is 5. The van der Waals surface area contributed by atoms with Crippen LogP contribution in [0.15, 0.2) is 41.9 Å². The molecule has 29 heavy (non-hydrogen) atoms. The number of rotatable bonds is 5. The van der Waals surface area contributed by atoms with Gasteiger partial charge in [-0.1, -0.05) is 6.07 Å². The zero-order chi connectivity index (χ0) is 21.1. The van der Waals surface area contributed by atoms with Crippen LogP contribution in [0.4, 0.5) is 0 Å². The van der Waals surface area contributed by atoms with E-state index in [9.17, 15) is 19.5 Å². The van der Waals surface area contributed by atoms with Crippen molar-refractivity contribution >= 4 is 42.0 Å². The number of halogens is 1. The first kappa shape index (κ1) is 24.9. The summed E-state index contributed by atoms with van der Waals surface area (Å²) in [5.74, 6) is -1.55. The number of carbonyl (C=O) groups excluding carboxylic acids is 1. The molecule has 0 saturated carbocycles. The van der Waals surface area contributed by atoms with Crippen LogP contribution >= 0.6 is 24.2 Å². The number of likely N-dealkylation sites (N-methyl/N-ethyl adjacent to an activating group) is 1. The number of thioether (sulfide) groups is 1. The van der Waals surface area contributed by atoms with Crippen LogP contribution in [0.1, 0.15) is 0 Å². The molecule has 3 heterocycles. The minimum Gasteiger partial charge on any atom is -0.477 e. The number of β-lactam (4-membered cyclic amide) rings is 1. The van der Waals surface area contributed by atoms with Crippen LogP contribution in [0, 0.1) is 0 Å². The molecule has 1 fully saturated rings. The maximum atomic E-state index is 11.8. The second-order valence-electron chi connectivity index (χ2n) is 7.58. The molecule has 1 aromatic rings. The summed E-state index contributed by atoms with van der Waals surface area (Å²) in [6, 6.07) is 5.07. The SMILES string of the molecule is C[N+](C)(C)CC(=O)O.Cl.N[C@@H]1C(=O)N2C(C(=O)O)=C(C[n+]3ccccc3)CS[C@H]12. The van der Waals surface area contributed by atoms with Gasteiger partial charge in [-0.25, -0.2) is 14.2 Å². The fraction of sp³-hybridized carbons (Fsp3) is 0.444. The lowest BCUT2D eigenvalue weighted by molar-refractivity contribution is -0.862. The van der Waals surface area contributed by atoms with Gasteiger partial charge in [-0.2, -0.15) is 0 Å². The molecule has 0 aliphatic carbocycles. The number of carbonyl (C=O) groups is 3. The normalized spacial score (nSPS) is 20.6. The van der Waals surface area contributed by atoms with Crippen molar-refractivity contribution in [3.8, 4) is 0 Å². The van der Waals surface area contributed by atoms with E-state index >= 15 is 0 Å². The maximum absolute atomic E-state index is 11.8. The van der Waals surface area contributed by atoms with Gasteiger partial charge in [0.15, 0.2) is 25.5 Å². The number of amides is 1. The Hall–Kier alpha value is -2.14. The molecule has 4 N–H and O–H groups in total. The number of nitrogens with zero attached hydrogens (tertiary/aromatic N) is 3. The molecule has 0 unspecified atom stereocenters. The Morgan fingerprint density at radius 2 is 1.83 bits per heavy atom. The number of aliphatic carboxylic acids is 2. The first-order valence-corrected chi connectivity index (χ1v) is 9.68. The minimum atomic E-state index is -1.07. The standard InChI is InChI=1S/C13H13N3O3S.C5H11NO2.ClH/c14-9-11(17)16-10(13(18)19)8(7-20-12(9)16)6-15-4-2-1-3-5-15;1-6(2,3)4-5(7)8;/h1-5,9,12H,6-7,14H2;4H2,1-3H3;1H/p+2/t9-,12-;;/m1../s1. The van der Waals surface area contributed by atoms with Crippen molar-refractivity contribution in [3.05, 3.63) is 41.9 Å². The predicted octanol–water partition coefficient (Wildman–Crippen LogP) is -0.246. The van der Waals surface area contributed by atoms with Crippen molar-refractivity contribution in [2.24, 2.45) is 5.73 Å². The molecule has 2 atom stereocenters. The van der Waals surface area contributed by atoms with Crippen LogP contribution in [0.3, 0.4) is 0 Å². The minimum absolute atomic E-state index is 0. The number of carboxylic acid groups (broad SMARTS) is 2. The van der Waals surface area contributed by atoms with Crippen molar-refractivity contribution in [2.75, 3.05) is 33.4 Å². The van der Waals surface area contributed by atoms with Crippen LogP contribution in [0.2, 0.25) is 0 Å². The Morgan fingerprint density at radius 1 is 1.24 bits per heavy atom. The van der Waals surface area contributed by atoms with Crippen LogP contribution in [0.25, 0.3) is 0 Å². The summed E-state index contributed by atoms with van der Waals surface area (Å²) in [6.07, 6.45) is 3.74. The van der Waals surface area contributed by atoms with E-state index in [2.05, 4.69) is 0 Å². The first-order valence-electron chi connectivity index (χ1n) is 8.63. The second kappa shape index (κ2) is 10.1. The Morgan fingerprint density at radius 3 is 2.28 bits per heavy atom. The fourth-order valence-electron chi connectivity index (χ4n) is 2.87. The molecule has 1 saturated heterocycles. The van der Waals surface area contributed by atoms with Gasteiger partial charge in [0.1, 0.15) is 17.1 Å². The molecule has 9 nitrogen and oxygen atoms in total. The number of pyridine rings is 1. The largest absolute Gasteiger partial charge is 0.477 e. The molecule has 1 amide bonds. The summed E-state index contributed by atoms with van der Waals surface area (Å²) >= 11 is 1.52. The zero-order valence-electron chi connectivity index (χ0n) is 16.5. The quantitative estimate of drug-likeness (QED) is 0.323. The smallest absolute Gasteiger partial charge is 0.359 e. The van der Waals surface area contributed by atoms with Crippen molar-refractivity contribution in [1.82, 2.24) is 4.90 Å². The Balaban J connectivity index is 0.000000403. The third kappa shape index (κ3) is 6.43.